The number of piperazine rings is 1. The Morgan fingerprint density at radius 3 is 2.37 bits per heavy atom. The molecule has 1 unspecified atom stereocenters. The zero-order chi connectivity index (χ0) is 21.6. The van der Waals surface area contributed by atoms with Crippen LogP contribution in [0.1, 0.15) is 33.6 Å². The fourth-order valence-corrected chi connectivity index (χ4v) is 4.16. The highest BCUT2D eigenvalue weighted by Gasteiger charge is 2.43. The zero-order valence-corrected chi connectivity index (χ0v) is 18.3. The molecule has 3 aliphatic heterocycles. The van der Waals surface area contributed by atoms with Gasteiger partial charge in [0.1, 0.15) is 24.0 Å². The number of hydrogen-bond donors (Lipinski definition) is 1. The number of carbonyl (C=O) groups is 3. The first kappa shape index (κ1) is 20.8. The van der Waals surface area contributed by atoms with Gasteiger partial charge in [0.05, 0.1) is 6.67 Å². The molecule has 0 aromatic rings. The SMILES string of the molecule is CN1C=C2C(=O)N(N3CCN(C(=O)C(NC(=O)OC(C)(C)C)C4CC4)CC3)CN2C1. The average Bonchev–Trinajstić information content (AvgIpc) is 3.37. The number of fused-ring (bicyclic) bond motifs is 1. The Labute approximate surface area is 177 Å². The van der Waals surface area contributed by atoms with E-state index in [0.29, 0.717) is 32.8 Å². The number of amides is 3. The molecule has 4 rings (SSSR count). The van der Waals surface area contributed by atoms with Crippen LogP contribution in [0.4, 0.5) is 4.79 Å². The summed E-state index contributed by atoms with van der Waals surface area (Å²) in [7, 11) is 1.95. The average molecular weight is 421 g/mol. The van der Waals surface area contributed by atoms with E-state index in [4.69, 9.17) is 4.74 Å². The van der Waals surface area contributed by atoms with E-state index in [1.54, 1.807) is 30.7 Å². The van der Waals surface area contributed by atoms with Crippen molar-refractivity contribution < 1.29 is 19.1 Å². The van der Waals surface area contributed by atoms with Crippen molar-refractivity contribution >= 4 is 17.9 Å². The molecule has 0 bridgehead atoms. The van der Waals surface area contributed by atoms with Gasteiger partial charge in [-0.3, -0.25) is 9.59 Å². The molecule has 0 radical (unpaired) electrons. The Hall–Kier alpha value is -2.49. The lowest BCUT2D eigenvalue weighted by molar-refractivity contribution is -0.149. The third kappa shape index (κ3) is 4.33. The third-order valence-electron chi connectivity index (χ3n) is 5.78. The van der Waals surface area contributed by atoms with Crippen molar-refractivity contribution in [2.24, 2.45) is 5.92 Å². The molecule has 166 valence electrons. The van der Waals surface area contributed by atoms with Gasteiger partial charge < -0.3 is 24.8 Å². The number of hydrazine groups is 1. The first-order valence-electron chi connectivity index (χ1n) is 10.6. The fourth-order valence-electron chi connectivity index (χ4n) is 4.16. The van der Waals surface area contributed by atoms with Crippen molar-refractivity contribution in [1.29, 1.82) is 0 Å². The van der Waals surface area contributed by atoms with Gasteiger partial charge >= 0.3 is 6.09 Å². The van der Waals surface area contributed by atoms with Crippen LogP contribution in [0.15, 0.2) is 11.9 Å². The van der Waals surface area contributed by atoms with Crippen LogP contribution in [-0.4, -0.2) is 101 Å². The molecule has 0 spiro atoms. The van der Waals surface area contributed by atoms with Crippen molar-refractivity contribution in [1.82, 2.24) is 30.0 Å². The van der Waals surface area contributed by atoms with Crippen molar-refractivity contribution in [3.63, 3.8) is 0 Å². The molecule has 0 aromatic carbocycles. The van der Waals surface area contributed by atoms with Crippen molar-refractivity contribution in [2.75, 3.05) is 46.6 Å². The van der Waals surface area contributed by atoms with Gasteiger partial charge in [-0.2, -0.15) is 0 Å². The summed E-state index contributed by atoms with van der Waals surface area (Å²) in [4.78, 5) is 43.8. The molecule has 1 atom stereocenters. The Morgan fingerprint density at radius 2 is 1.80 bits per heavy atom. The molecule has 3 amide bonds. The summed E-state index contributed by atoms with van der Waals surface area (Å²) in [6.07, 6.45) is 3.21. The van der Waals surface area contributed by atoms with Gasteiger partial charge in [0.15, 0.2) is 0 Å². The van der Waals surface area contributed by atoms with E-state index >= 15 is 0 Å². The highest BCUT2D eigenvalue weighted by atomic mass is 16.6. The molecule has 3 fully saturated rings. The van der Waals surface area contributed by atoms with Gasteiger partial charge in [0.25, 0.3) is 5.91 Å². The molecule has 1 aliphatic carbocycles. The summed E-state index contributed by atoms with van der Waals surface area (Å²) in [5, 5.41) is 6.59. The van der Waals surface area contributed by atoms with Gasteiger partial charge in [-0.1, -0.05) is 0 Å². The van der Waals surface area contributed by atoms with Crippen molar-refractivity contribution in [3.05, 3.63) is 11.9 Å². The van der Waals surface area contributed by atoms with E-state index < -0.39 is 17.7 Å². The van der Waals surface area contributed by atoms with E-state index in [-0.39, 0.29) is 17.7 Å². The van der Waals surface area contributed by atoms with E-state index in [1.807, 2.05) is 28.1 Å². The summed E-state index contributed by atoms with van der Waals surface area (Å²) in [5.41, 5.74) is 0.125. The molecule has 0 aromatic heterocycles. The number of alkyl carbamates (subject to hydrolysis) is 1. The fraction of sp³-hybridized carbons (Fsp3) is 0.750. The monoisotopic (exact) mass is 420 g/mol. The lowest BCUT2D eigenvalue weighted by Crippen LogP contribution is -2.59. The minimum absolute atomic E-state index is 0.0153. The van der Waals surface area contributed by atoms with E-state index in [2.05, 4.69) is 5.32 Å². The number of carbonyl (C=O) groups excluding carboxylic acids is 3. The minimum Gasteiger partial charge on any atom is -0.444 e. The van der Waals surface area contributed by atoms with E-state index in [1.165, 1.54) is 0 Å². The highest BCUT2D eigenvalue weighted by Crippen LogP contribution is 2.34. The molecule has 30 heavy (non-hydrogen) atoms. The number of nitrogens with one attached hydrogen (secondary N) is 1. The highest BCUT2D eigenvalue weighted by molar-refractivity contribution is 5.94. The molecule has 1 saturated carbocycles. The number of nitrogens with zero attached hydrogens (tertiary/aromatic N) is 5. The van der Waals surface area contributed by atoms with Crippen LogP contribution in [0.2, 0.25) is 0 Å². The van der Waals surface area contributed by atoms with Gasteiger partial charge in [-0.05, 0) is 39.5 Å². The maximum atomic E-state index is 13.1. The largest absolute Gasteiger partial charge is 0.444 e. The van der Waals surface area contributed by atoms with Crippen LogP contribution in [0.3, 0.4) is 0 Å². The van der Waals surface area contributed by atoms with Crippen LogP contribution in [-0.2, 0) is 14.3 Å². The Morgan fingerprint density at radius 1 is 1.13 bits per heavy atom. The van der Waals surface area contributed by atoms with Crippen molar-refractivity contribution in [3.8, 4) is 0 Å². The van der Waals surface area contributed by atoms with Crippen molar-refractivity contribution in [2.45, 2.75) is 45.3 Å². The first-order valence-corrected chi connectivity index (χ1v) is 10.6. The topological polar surface area (TPSA) is 88.7 Å². The molecule has 3 heterocycles. The molecule has 4 aliphatic rings. The van der Waals surface area contributed by atoms with Gasteiger partial charge in [0, 0.05) is 39.4 Å². The standard InChI is InChI=1S/C20H32N6O4/c1-20(2,3)30-19(29)21-16(14-5-6-14)18(28)23-7-9-25(10-8-23)26-13-24-12-22(4)11-15(24)17(26)27/h11,14,16H,5-10,12-13H2,1-4H3,(H,21,29). The maximum absolute atomic E-state index is 13.1. The van der Waals surface area contributed by atoms with Crippen LogP contribution >= 0.6 is 0 Å². The van der Waals surface area contributed by atoms with Crippen LogP contribution < -0.4 is 5.32 Å². The van der Waals surface area contributed by atoms with Gasteiger partial charge in [-0.25, -0.2) is 14.8 Å². The molecular formula is C20H32N6O4. The summed E-state index contributed by atoms with van der Waals surface area (Å²) in [5.74, 6) is 0.140. The smallest absolute Gasteiger partial charge is 0.408 e. The van der Waals surface area contributed by atoms with Crippen LogP contribution in [0.25, 0.3) is 0 Å². The Balaban J connectivity index is 1.32. The van der Waals surface area contributed by atoms with Gasteiger partial charge in [-0.15, -0.1) is 0 Å². The molecular weight excluding hydrogens is 388 g/mol. The summed E-state index contributed by atoms with van der Waals surface area (Å²) >= 11 is 0. The molecule has 2 saturated heterocycles. The lowest BCUT2D eigenvalue weighted by Gasteiger charge is -2.40. The quantitative estimate of drug-likeness (QED) is 0.695. The van der Waals surface area contributed by atoms with Crippen LogP contribution in [0.5, 0.6) is 0 Å². The summed E-state index contributed by atoms with van der Waals surface area (Å²) in [6, 6.07) is -0.536. The number of hydrogen-bond acceptors (Lipinski definition) is 7. The van der Waals surface area contributed by atoms with Gasteiger partial charge in [0.2, 0.25) is 5.91 Å². The first-order chi connectivity index (χ1) is 14.1. The Kier molecular flexibility index (Phi) is 5.29. The third-order valence-corrected chi connectivity index (χ3v) is 5.78. The second-order valence-electron chi connectivity index (χ2n) is 9.54. The second kappa shape index (κ2) is 7.64. The van der Waals surface area contributed by atoms with Crippen LogP contribution in [0, 0.1) is 5.92 Å². The second-order valence-corrected chi connectivity index (χ2v) is 9.54. The zero-order valence-electron chi connectivity index (χ0n) is 18.3. The summed E-state index contributed by atoms with van der Waals surface area (Å²) < 4.78 is 5.34. The molecule has 10 nitrogen and oxygen atoms in total. The lowest BCUT2D eigenvalue weighted by atomic mass is 10.1. The van der Waals surface area contributed by atoms with E-state index in [9.17, 15) is 14.4 Å². The summed E-state index contributed by atoms with van der Waals surface area (Å²) in [6.45, 7) is 8.93. The number of rotatable bonds is 4. The normalized spacial score (nSPS) is 23.5. The maximum Gasteiger partial charge on any atom is 0.408 e. The minimum atomic E-state index is -0.603. The molecule has 1 N–H and O–H groups in total. The molecule has 10 heteroatoms. The van der Waals surface area contributed by atoms with E-state index in [0.717, 1.165) is 25.2 Å². The predicted octanol–water partition coefficient (Wildman–Crippen LogP) is 0.195. The predicted molar refractivity (Wildman–Crippen MR) is 108 cm³/mol. The Bertz CT molecular complexity index is 751. The number of ether oxygens (including phenoxy) is 1.